The zero-order valence-corrected chi connectivity index (χ0v) is 8.46. The summed E-state index contributed by atoms with van der Waals surface area (Å²) in [5.74, 6) is 0.980. The van der Waals surface area contributed by atoms with Crippen molar-refractivity contribution in [3.63, 3.8) is 0 Å². The van der Waals surface area contributed by atoms with Crippen molar-refractivity contribution in [1.29, 1.82) is 0 Å². The molecule has 6 nitrogen and oxygen atoms in total. The molecule has 3 rings (SSSR count). The van der Waals surface area contributed by atoms with Crippen molar-refractivity contribution in [2.24, 2.45) is 0 Å². The molecule has 1 aliphatic rings. The zero-order chi connectivity index (χ0) is 10.3. The number of hydrogen-bond donors (Lipinski definition) is 1. The van der Waals surface area contributed by atoms with Gasteiger partial charge in [0.1, 0.15) is 12.1 Å². The van der Waals surface area contributed by atoms with Gasteiger partial charge in [-0.25, -0.2) is 0 Å². The van der Waals surface area contributed by atoms with E-state index >= 15 is 0 Å². The first-order valence-corrected chi connectivity index (χ1v) is 4.96. The molecule has 0 aliphatic carbocycles. The van der Waals surface area contributed by atoms with Crippen LogP contribution in [0.25, 0.3) is 5.65 Å². The van der Waals surface area contributed by atoms with Crippen molar-refractivity contribution in [1.82, 2.24) is 25.1 Å². The molecule has 0 spiro atoms. The Hall–Kier alpha value is -1.69. The maximum atomic E-state index is 4.42. The molecule has 0 amide bonds. The minimum Gasteiger partial charge on any atom is -0.352 e. The Balaban J connectivity index is 1.86. The second-order valence-electron chi connectivity index (χ2n) is 3.72. The summed E-state index contributed by atoms with van der Waals surface area (Å²) in [7, 11) is 1.98. The standard InChI is InChI=1S/C9H12N6/c1-10-7-4-14(5-7)9-3-2-8-12-11-6-15(8)13-9/h2-3,6-7,10H,4-5H2,1H3. The molecule has 15 heavy (non-hydrogen) atoms. The molecule has 2 aromatic rings. The quantitative estimate of drug-likeness (QED) is 0.717. The predicted molar refractivity (Wildman–Crippen MR) is 55.8 cm³/mol. The monoisotopic (exact) mass is 204 g/mol. The molecule has 0 aromatic carbocycles. The van der Waals surface area contributed by atoms with Crippen molar-refractivity contribution in [3.8, 4) is 0 Å². The minimum atomic E-state index is 0.586. The van der Waals surface area contributed by atoms with Gasteiger partial charge < -0.3 is 10.2 Å². The molecule has 1 N–H and O–H groups in total. The highest BCUT2D eigenvalue weighted by Crippen LogP contribution is 2.17. The molecule has 2 aromatic heterocycles. The van der Waals surface area contributed by atoms with Crippen molar-refractivity contribution < 1.29 is 0 Å². The predicted octanol–water partition coefficient (Wildman–Crippen LogP) is -0.468. The Bertz CT molecular complexity index is 472. The molecular weight excluding hydrogens is 192 g/mol. The highest BCUT2D eigenvalue weighted by molar-refractivity contribution is 5.47. The lowest BCUT2D eigenvalue weighted by molar-refractivity contribution is 0.445. The normalized spacial score (nSPS) is 17.0. The zero-order valence-electron chi connectivity index (χ0n) is 8.46. The molecule has 1 saturated heterocycles. The summed E-state index contributed by atoms with van der Waals surface area (Å²) in [6.45, 7) is 2.02. The van der Waals surface area contributed by atoms with Crippen molar-refractivity contribution >= 4 is 11.5 Å². The number of nitrogens with zero attached hydrogens (tertiary/aromatic N) is 5. The van der Waals surface area contributed by atoms with Crippen LogP contribution in [-0.4, -0.2) is 46.0 Å². The summed E-state index contributed by atoms with van der Waals surface area (Å²) >= 11 is 0. The number of nitrogens with one attached hydrogen (secondary N) is 1. The van der Waals surface area contributed by atoms with Crippen molar-refractivity contribution in [2.45, 2.75) is 6.04 Å². The summed E-state index contributed by atoms with van der Waals surface area (Å²) < 4.78 is 1.70. The lowest BCUT2D eigenvalue weighted by atomic mass is 10.1. The Morgan fingerprint density at radius 3 is 3.07 bits per heavy atom. The Morgan fingerprint density at radius 1 is 1.40 bits per heavy atom. The van der Waals surface area contributed by atoms with Gasteiger partial charge in [0.15, 0.2) is 5.65 Å². The van der Waals surface area contributed by atoms with Gasteiger partial charge in [0, 0.05) is 19.1 Å². The van der Waals surface area contributed by atoms with Crippen molar-refractivity contribution in [3.05, 3.63) is 18.5 Å². The van der Waals surface area contributed by atoms with E-state index < -0.39 is 0 Å². The van der Waals surface area contributed by atoms with Crippen LogP contribution in [0.1, 0.15) is 0 Å². The highest BCUT2D eigenvalue weighted by Gasteiger charge is 2.26. The van der Waals surface area contributed by atoms with Crippen LogP contribution in [0.15, 0.2) is 18.5 Å². The lowest BCUT2D eigenvalue weighted by Gasteiger charge is -2.39. The number of aromatic nitrogens is 4. The topological polar surface area (TPSA) is 58.3 Å². The summed E-state index contributed by atoms with van der Waals surface area (Å²) in [5.41, 5.74) is 0.782. The molecule has 0 radical (unpaired) electrons. The molecule has 1 aliphatic heterocycles. The van der Waals surface area contributed by atoms with Gasteiger partial charge in [0.2, 0.25) is 0 Å². The smallest absolute Gasteiger partial charge is 0.177 e. The molecule has 78 valence electrons. The van der Waals surface area contributed by atoms with E-state index in [9.17, 15) is 0 Å². The number of fused-ring (bicyclic) bond motifs is 1. The summed E-state index contributed by atoms with van der Waals surface area (Å²) in [5, 5.41) is 15.4. The lowest BCUT2D eigenvalue weighted by Crippen LogP contribution is -2.57. The number of likely N-dealkylation sites (N-methyl/N-ethyl adjacent to an activating group) is 1. The second-order valence-corrected chi connectivity index (χ2v) is 3.72. The van der Waals surface area contributed by atoms with Crippen LogP contribution in [0.4, 0.5) is 5.82 Å². The van der Waals surface area contributed by atoms with E-state index in [1.807, 2.05) is 19.2 Å². The maximum absolute atomic E-state index is 4.42. The third kappa shape index (κ3) is 1.33. The second kappa shape index (κ2) is 3.16. The van der Waals surface area contributed by atoms with Gasteiger partial charge in [0.05, 0.1) is 0 Å². The fraction of sp³-hybridized carbons (Fsp3) is 0.444. The van der Waals surface area contributed by atoms with E-state index in [1.165, 1.54) is 0 Å². The Labute approximate surface area is 86.9 Å². The van der Waals surface area contributed by atoms with Gasteiger partial charge in [-0.3, -0.25) is 0 Å². The number of anilines is 1. The molecular formula is C9H12N6. The molecule has 0 unspecified atom stereocenters. The molecule has 0 bridgehead atoms. The first kappa shape index (κ1) is 8.60. The third-order valence-electron chi connectivity index (χ3n) is 2.76. The summed E-state index contributed by atoms with van der Waals surface area (Å²) in [6, 6.07) is 4.50. The molecule has 0 saturated carbocycles. The molecule has 0 atom stereocenters. The van der Waals surface area contributed by atoms with Crippen LogP contribution in [0, 0.1) is 0 Å². The first-order valence-electron chi connectivity index (χ1n) is 4.96. The van der Waals surface area contributed by atoms with Gasteiger partial charge in [-0.05, 0) is 19.2 Å². The fourth-order valence-corrected chi connectivity index (χ4v) is 1.74. The largest absolute Gasteiger partial charge is 0.352 e. The van der Waals surface area contributed by atoms with E-state index in [0.29, 0.717) is 6.04 Å². The minimum absolute atomic E-state index is 0.586. The van der Waals surface area contributed by atoms with Gasteiger partial charge in [-0.2, -0.15) is 4.52 Å². The molecule has 3 heterocycles. The molecule has 1 fully saturated rings. The van der Waals surface area contributed by atoms with Crippen LogP contribution in [0.2, 0.25) is 0 Å². The van der Waals surface area contributed by atoms with E-state index in [4.69, 9.17) is 0 Å². The van der Waals surface area contributed by atoms with Gasteiger partial charge in [-0.15, -0.1) is 15.3 Å². The van der Waals surface area contributed by atoms with Crippen LogP contribution >= 0.6 is 0 Å². The maximum Gasteiger partial charge on any atom is 0.177 e. The average Bonchev–Trinajstić information content (AvgIpc) is 2.63. The van der Waals surface area contributed by atoms with Gasteiger partial charge >= 0.3 is 0 Å². The van der Waals surface area contributed by atoms with E-state index in [1.54, 1.807) is 10.8 Å². The van der Waals surface area contributed by atoms with Crippen LogP contribution in [-0.2, 0) is 0 Å². The van der Waals surface area contributed by atoms with E-state index in [0.717, 1.165) is 24.6 Å². The first-order chi connectivity index (χ1) is 7.36. The SMILES string of the molecule is CNC1CN(c2ccc3nncn3n2)C1. The van der Waals surface area contributed by atoms with Crippen LogP contribution in [0.3, 0.4) is 0 Å². The van der Waals surface area contributed by atoms with E-state index in [-0.39, 0.29) is 0 Å². The van der Waals surface area contributed by atoms with Crippen molar-refractivity contribution in [2.75, 3.05) is 25.0 Å². The third-order valence-corrected chi connectivity index (χ3v) is 2.76. The van der Waals surface area contributed by atoms with Crippen LogP contribution < -0.4 is 10.2 Å². The number of rotatable bonds is 2. The molecule has 6 heteroatoms. The fourth-order valence-electron chi connectivity index (χ4n) is 1.74. The van der Waals surface area contributed by atoms with Gasteiger partial charge in [-0.1, -0.05) is 0 Å². The summed E-state index contributed by atoms with van der Waals surface area (Å²) in [4.78, 5) is 2.22. The Kier molecular flexibility index (Phi) is 1.81. The average molecular weight is 204 g/mol. The number of hydrogen-bond acceptors (Lipinski definition) is 5. The summed E-state index contributed by atoms with van der Waals surface area (Å²) in [6.07, 6.45) is 1.62. The van der Waals surface area contributed by atoms with Gasteiger partial charge in [0.25, 0.3) is 0 Å². The highest BCUT2D eigenvalue weighted by atomic mass is 15.4. The van der Waals surface area contributed by atoms with E-state index in [2.05, 4.69) is 25.5 Å². The Morgan fingerprint density at radius 2 is 2.27 bits per heavy atom. The van der Waals surface area contributed by atoms with Crippen LogP contribution in [0.5, 0.6) is 0 Å².